The van der Waals surface area contributed by atoms with Crippen LogP contribution in [0.25, 0.3) is 0 Å². The van der Waals surface area contributed by atoms with Crippen molar-refractivity contribution in [2.45, 2.75) is 19.3 Å². The third kappa shape index (κ3) is 3.50. The molecule has 1 aromatic carbocycles. The van der Waals surface area contributed by atoms with E-state index in [-0.39, 0.29) is 24.5 Å². The Balaban J connectivity index is 2.03. The van der Waals surface area contributed by atoms with Gasteiger partial charge in [-0.1, -0.05) is 0 Å². The molecule has 1 heterocycles. The fourth-order valence-electron chi connectivity index (χ4n) is 1.93. The van der Waals surface area contributed by atoms with Gasteiger partial charge in [-0.3, -0.25) is 9.59 Å². The number of carbonyl (C=O) groups is 2. The molecule has 0 unspecified atom stereocenters. The molecule has 1 aliphatic rings. The van der Waals surface area contributed by atoms with Crippen LogP contribution < -0.4 is 9.47 Å². The quantitative estimate of drug-likeness (QED) is 0.789. The van der Waals surface area contributed by atoms with Crippen LogP contribution in [0.15, 0.2) is 18.2 Å². The molecule has 0 atom stereocenters. The van der Waals surface area contributed by atoms with E-state index in [9.17, 15) is 9.59 Å². The summed E-state index contributed by atoms with van der Waals surface area (Å²) in [7, 11) is 3.36. The van der Waals surface area contributed by atoms with Crippen molar-refractivity contribution in [2.24, 2.45) is 0 Å². The SMILES string of the molecule is CN(C)C(=O)CCC(=O)c1ccc2c(c1)OCCCO2. The second-order valence-corrected chi connectivity index (χ2v) is 4.92. The number of ketones is 1. The highest BCUT2D eigenvalue weighted by Crippen LogP contribution is 2.30. The summed E-state index contributed by atoms with van der Waals surface area (Å²) in [5, 5.41) is 0. The summed E-state index contributed by atoms with van der Waals surface area (Å²) in [5.74, 6) is 1.17. The molecule has 0 fully saturated rings. The predicted octanol–water partition coefficient (Wildman–Crippen LogP) is 1.90. The maximum atomic E-state index is 12.1. The number of hydrogen-bond acceptors (Lipinski definition) is 4. The lowest BCUT2D eigenvalue weighted by Gasteiger charge is -2.10. The van der Waals surface area contributed by atoms with Crippen LogP contribution in [0, 0.1) is 0 Å². The van der Waals surface area contributed by atoms with E-state index in [4.69, 9.17) is 9.47 Å². The van der Waals surface area contributed by atoms with Gasteiger partial charge in [-0.05, 0) is 18.2 Å². The first-order valence-electron chi connectivity index (χ1n) is 6.71. The molecule has 0 spiro atoms. The largest absolute Gasteiger partial charge is 0.490 e. The minimum atomic E-state index is -0.0594. The fourth-order valence-corrected chi connectivity index (χ4v) is 1.93. The van der Waals surface area contributed by atoms with Crippen molar-refractivity contribution in [3.63, 3.8) is 0 Å². The number of Topliss-reactive ketones (excluding diaryl/α,β-unsaturated/α-hetero) is 1. The van der Waals surface area contributed by atoms with E-state index in [1.54, 1.807) is 32.3 Å². The lowest BCUT2D eigenvalue weighted by Crippen LogP contribution is -2.22. The number of hydrogen-bond donors (Lipinski definition) is 0. The molecule has 1 aliphatic heterocycles. The van der Waals surface area contributed by atoms with E-state index in [2.05, 4.69) is 0 Å². The average Bonchev–Trinajstić information content (AvgIpc) is 2.68. The molecule has 0 saturated heterocycles. The van der Waals surface area contributed by atoms with Gasteiger partial charge in [0.25, 0.3) is 0 Å². The summed E-state index contributed by atoms with van der Waals surface area (Å²) in [6, 6.07) is 5.17. The third-order valence-corrected chi connectivity index (χ3v) is 3.13. The summed E-state index contributed by atoms with van der Waals surface area (Å²) >= 11 is 0. The maximum absolute atomic E-state index is 12.1. The standard InChI is InChI=1S/C15H19NO4/c1-16(2)15(18)7-5-12(17)11-4-6-13-14(10-11)20-9-3-8-19-13/h4,6,10H,3,5,7-9H2,1-2H3. The van der Waals surface area contributed by atoms with Gasteiger partial charge in [0.2, 0.25) is 5.91 Å². The Labute approximate surface area is 118 Å². The minimum Gasteiger partial charge on any atom is -0.490 e. The Morgan fingerprint density at radius 1 is 1.10 bits per heavy atom. The van der Waals surface area contributed by atoms with Crippen molar-refractivity contribution >= 4 is 11.7 Å². The summed E-state index contributed by atoms with van der Waals surface area (Å²) in [6.07, 6.45) is 1.26. The Morgan fingerprint density at radius 2 is 1.80 bits per heavy atom. The van der Waals surface area contributed by atoms with Crippen LogP contribution in [-0.4, -0.2) is 43.9 Å². The molecule has 0 radical (unpaired) electrons. The van der Waals surface area contributed by atoms with Crippen LogP contribution in [-0.2, 0) is 4.79 Å². The van der Waals surface area contributed by atoms with Crippen LogP contribution >= 0.6 is 0 Å². The molecular weight excluding hydrogens is 258 g/mol. The summed E-state index contributed by atoms with van der Waals surface area (Å²) in [6.45, 7) is 1.21. The molecule has 0 bridgehead atoms. The van der Waals surface area contributed by atoms with Crippen LogP contribution in [0.3, 0.4) is 0 Å². The lowest BCUT2D eigenvalue weighted by atomic mass is 10.1. The number of ether oxygens (including phenoxy) is 2. The fraction of sp³-hybridized carbons (Fsp3) is 0.467. The number of carbonyl (C=O) groups excluding carboxylic acids is 2. The zero-order valence-corrected chi connectivity index (χ0v) is 11.8. The second kappa shape index (κ2) is 6.41. The van der Waals surface area contributed by atoms with Crippen LogP contribution in [0.1, 0.15) is 29.6 Å². The minimum absolute atomic E-state index is 0.0484. The molecule has 108 valence electrons. The van der Waals surface area contributed by atoms with Gasteiger partial charge in [0.05, 0.1) is 13.2 Å². The highest BCUT2D eigenvalue weighted by Gasteiger charge is 2.15. The summed E-state index contributed by atoms with van der Waals surface area (Å²) in [5.41, 5.74) is 0.556. The summed E-state index contributed by atoms with van der Waals surface area (Å²) in [4.78, 5) is 25.0. The summed E-state index contributed by atoms with van der Waals surface area (Å²) < 4.78 is 11.1. The topological polar surface area (TPSA) is 55.8 Å². The number of amides is 1. The van der Waals surface area contributed by atoms with Gasteiger partial charge < -0.3 is 14.4 Å². The smallest absolute Gasteiger partial charge is 0.222 e. The highest BCUT2D eigenvalue weighted by molar-refractivity contribution is 5.98. The van der Waals surface area contributed by atoms with Crippen LogP contribution in [0.5, 0.6) is 11.5 Å². The molecule has 0 aliphatic carbocycles. The first-order valence-corrected chi connectivity index (χ1v) is 6.71. The zero-order chi connectivity index (χ0) is 14.5. The monoisotopic (exact) mass is 277 g/mol. The number of benzene rings is 1. The highest BCUT2D eigenvalue weighted by atomic mass is 16.5. The van der Waals surface area contributed by atoms with E-state index < -0.39 is 0 Å². The Morgan fingerprint density at radius 3 is 2.50 bits per heavy atom. The first kappa shape index (κ1) is 14.4. The van der Waals surface area contributed by atoms with Gasteiger partial charge in [-0.2, -0.15) is 0 Å². The molecule has 20 heavy (non-hydrogen) atoms. The molecule has 1 amide bonds. The van der Waals surface area contributed by atoms with Crippen molar-refractivity contribution in [3.8, 4) is 11.5 Å². The van der Waals surface area contributed by atoms with Crippen LogP contribution in [0.4, 0.5) is 0 Å². The van der Waals surface area contributed by atoms with Gasteiger partial charge in [0.1, 0.15) is 0 Å². The average molecular weight is 277 g/mol. The molecular formula is C15H19NO4. The predicted molar refractivity (Wildman–Crippen MR) is 74.3 cm³/mol. The molecule has 5 heteroatoms. The number of rotatable bonds is 4. The van der Waals surface area contributed by atoms with E-state index in [0.29, 0.717) is 30.3 Å². The third-order valence-electron chi connectivity index (χ3n) is 3.13. The Bertz CT molecular complexity index is 511. The van der Waals surface area contributed by atoms with Gasteiger partial charge in [0, 0.05) is 38.9 Å². The van der Waals surface area contributed by atoms with Gasteiger partial charge >= 0.3 is 0 Å². The van der Waals surface area contributed by atoms with Crippen LogP contribution in [0.2, 0.25) is 0 Å². The van der Waals surface area contributed by atoms with Crippen molar-refractivity contribution in [3.05, 3.63) is 23.8 Å². The second-order valence-electron chi connectivity index (χ2n) is 4.92. The maximum Gasteiger partial charge on any atom is 0.222 e. The molecule has 2 rings (SSSR count). The Kier molecular flexibility index (Phi) is 4.61. The Hall–Kier alpha value is -2.04. The first-order chi connectivity index (χ1) is 9.58. The van der Waals surface area contributed by atoms with Gasteiger partial charge in [0.15, 0.2) is 17.3 Å². The van der Waals surface area contributed by atoms with E-state index in [1.807, 2.05) is 0 Å². The molecule has 5 nitrogen and oxygen atoms in total. The van der Waals surface area contributed by atoms with Crippen molar-refractivity contribution in [1.82, 2.24) is 4.90 Å². The number of nitrogens with zero attached hydrogens (tertiary/aromatic N) is 1. The molecule has 0 saturated carbocycles. The van der Waals surface area contributed by atoms with Crippen molar-refractivity contribution < 1.29 is 19.1 Å². The van der Waals surface area contributed by atoms with E-state index >= 15 is 0 Å². The van der Waals surface area contributed by atoms with Gasteiger partial charge in [-0.15, -0.1) is 0 Å². The zero-order valence-electron chi connectivity index (χ0n) is 11.8. The molecule has 0 aromatic heterocycles. The van der Waals surface area contributed by atoms with Crippen molar-refractivity contribution in [1.29, 1.82) is 0 Å². The lowest BCUT2D eigenvalue weighted by molar-refractivity contribution is -0.128. The van der Waals surface area contributed by atoms with E-state index in [0.717, 1.165) is 6.42 Å². The van der Waals surface area contributed by atoms with Gasteiger partial charge in [-0.25, -0.2) is 0 Å². The molecule has 0 N–H and O–H groups in total. The van der Waals surface area contributed by atoms with Crippen molar-refractivity contribution in [2.75, 3.05) is 27.3 Å². The number of fused-ring (bicyclic) bond motifs is 1. The normalized spacial score (nSPS) is 13.5. The molecule has 1 aromatic rings. The van der Waals surface area contributed by atoms with E-state index in [1.165, 1.54) is 4.90 Å².